The Labute approximate surface area is 472 Å². The van der Waals surface area contributed by atoms with Gasteiger partial charge in [-0.3, -0.25) is 23.7 Å². The quantitative estimate of drug-likeness (QED) is 0.0388. The van der Waals surface area contributed by atoms with Gasteiger partial charge in [-0.25, -0.2) is 33.9 Å². The molecule has 6 aromatic heterocycles. The Morgan fingerprint density at radius 1 is 0.716 bits per heavy atom. The molecule has 6 aromatic rings. The molecule has 4 amide bonds. The summed E-state index contributed by atoms with van der Waals surface area (Å²) in [6.07, 6.45) is 8.57. The van der Waals surface area contributed by atoms with Gasteiger partial charge in [0.25, 0.3) is 11.8 Å². The van der Waals surface area contributed by atoms with Gasteiger partial charge in [0.15, 0.2) is 29.8 Å². The average molecular weight is 1080 g/mol. The van der Waals surface area contributed by atoms with Crippen LogP contribution in [0.25, 0.3) is 22.5 Å². The van der Waals surface area contributed by atoms with Crippen molar-refractivity contribution in [2.24, 2.45) is 35.9 Å². The number of pyridine rings is 2. The van der Waals surface area contributed by atoms with E-state index in [1.54, 1.807) is 56.9 Å². The van der Waals surface area contributed by atoms with Crippen LogP contribution in [0.15, 0.2) is 59.0 Å². The van der Waals surface area contributed by atoms with Crippen molar-refractivity contribution in [1.29, 1.82) is 0 Å². The Morgan fingerprint density at radius 2 is 1.12 bits per heavy atom. The van der Waals surface area contributed by atoms with Crippen LogP contribution in [-0.4, -0.2) is 107 Å². The van der Waals surface area contributed by atoms with Crippen LogP contribution in [0, 0.1) is 25.7 Å². The monoisotopic (exact) mass is 1080 g/mol. The van der Waals surface area contributed by atoms with Crippen molar-refractivity contribution < 1.29 is 124 Å². The first-order valence-electron chi connectivity index (χ1n) is 24.0. The van der Waals surface area contributed by atoms with Gasteiger partial charge in [0.1, 0.15) is 40.5 Å². The van der Waals surface area contributed by atoms with Crippen molar-refractivity contribution in [1.82, 2.24) is 70.2 Å². The number of rotatable bonds is 16. The zero-order valence-electron chi connectivity index (χ0n) is 46.1. The number of hydrogen-bond donors (Lipinski definition) is 6. The van der Waals surface area contributed by atoms with E-state index < -0.39 is 72.2 Å². The van der Waals surface area contributed by atoms with E-state index in [-0.39, 0.29) is 111 Å². The van der Waals surface area contributed by atoms with E-state index in [1.807, 2.05) is 0 Å². The van der Waals surface area contributed by atoms with Crippen LogP contribution in [0.5, 0.6) is 0 Å². The molecule has 30 nitrogen and oxygen atoms in total. The Balaban J connectivity index is 0.000000287. The molecule has 2 aliphatic rings. The molecule has 2 aliphatic carbocycles. The topological polar surface area (TPSA) is 403 Å². The van der Waals surface area contributed by atoms with E-state index in [1.165, 1.54) is 40.3 Å². The fraction of sp³-hybridized carbons (Fsp3) is 0.350. The first kappa shape index (κ1) is 50.6. The first-order chi connectivity index (χ1) is 36.4. The van der Waals surface area contributed by atoms with Crippen molar-refractivity contribution in [2.75, 3.05) is 24.6 Å². The molecule has 0 saturated heterocycles. The van der Waals surface area contributed by atoms with Gasteiger partial charge in [0.05, 0.1) is 20.2 Å². The number of phosphoric acid groups is 2. The zero-order valence-corrected chi connectivity index (χ0v) is 45.9. The second kappa shape index (κ2) is 25.3. The van der Waals surface area contributed by atoms with Crippen LogP contribution in [0.1, 0.15) is 66.0 Å². The van der Waals surface area contributed by atoms with Gasteiger partial charge in [0, 0.05) is 94.9 Å². The molecule has 380 valence electrons. The molecule has 74 heavy (non-hydrogen) atoms. The van der Waals surface area contributed by atoms with E-state index in [9.17, 15) is 38.1 Å². The summed E-state index contributed by atoms with van der Waals surface area (Å²) in [7, 11) is -7.16. The minimum Gasteiger partial charge on any atom is -0.790 e. The number of carbonyl (C=O) groups is 4. The molecule has 6 heterocycles. The standard InChI is InChI=1S/2C20H24N9O6P.2Na/c2*1-11-13(15-9-23-28(3)26-15)6-7-22-18(11)24-14-8-16(25-19(30)12-4-5-12)29(10-35-36(32,33)34)27-17(14)20(31)21-2;;/h2*6-9,12H,4-5,10H2,1-3H3,(H,21,31)(H,25,30)(H2,32,33,34);;/q;;2*+1/p-2/i2*2D3;;. The second-order valence-electron chi connectivity index (χ2n) is 15.7. The van der Waals surface area contributed by atoms with Crippen LogP contribution in [0.3, 0.4) is 0 Å². The van der Waals surface area contributed by atoms with Crippen molar-refractivity contribution in [3.8, 4) is 22.5 Å². The predicted molar refractivity (Wildman–Crippen MR) is 244 cm³/mol. The minimum atomic E-state index is -5.48. The summed E-state index contributed by atoms with van der Waals surface area (Å²) in [6.45, 7) is -4.27. The molecular formula is C40H46N18Na2O12P2. The molecule has 0 bridgehead atoms. The fourth-order valence-electron chi connectivity index (χ4n) is 6.41. The summed E-state index contributed by atoms with van der Waals surface area (Å²) in [5.41, 5.74) is 2.29. The van der Waals surface area contributed by atoms with Crippen LogP contribution < -0.4 is 101 Å². The zero-order chi connectivity index (χ0) is 57.1. The molecule has 0 spiro atoms. The molecule has 34 heteroatoms. The van der Waals surface area contributed by atoms with Gasteiger partial charge >= 0.3 is 66.9 Å². The number of amides is 4. The first-order valence-corrected chi connectivity index (χ1v) is 24.0. The Morgan fingerprint density at radius 3 is 1.46 bits per heavy atom. The molecule has 8 rings (SSSR count). The maximum Gasteiger partial charge on any atom is 1.00 e. The van der Waals surface area contributed by atoms with Crippen molar-refractivity contribution in [3.63, 3.8) is 0 Å². The molecule has 0 aliphatic heterocycles. The van der Waals surface area contributed by atoms with E-state index in [2.05, 4.69) is 70.2 Å². The maximum atomic E-state index is 12.9. The average Bonchev–Trinajstić information content (AvgIpc) is 4.27. The number of hydrogen-bond acceptors (Lipinski definition) is 20. The number of nitrogens with one attached hydrogen (secondary N) is 4. The SMILES string of the molecule is [2H]C([2H])([2H])NC(=O)c1nn(COP(=O)(O)O)c(NC(=O)C2CC2)cc1=Nc1nccc(-c2cnn(C)n2)c1C.[2H]C([2H])([2H])NC(=O)c1nn(COP(=O)([O-])[O-])c(NC(=O)C2CC2)cc1=Nc1nccc(-c2cnn(C)n2)c1C.[Na+].[Na+]. The van der Waals surface area contributed by atoms with E-state index in [0.29, 0.717) is 59.3 Å². The Bertz CT molecular complexity index is 3330. The smallest absolute Gasteiger partial charge is 0.790 e. The van der Waals surface area contributed by atoms with Gasteiger partial charge < -0.3 is 49.9 Å². The molecule has 0 radical (unpaired) electrons. The van der Waals surface area contributed by atoms with Crippen molar-refractivity contribution >= 4 is 62.5 Å². The molecular weight excluding hydrogens is 1030 g/mol. The number of carbonyl (C=O) groups excluding carboxylic acids is 4. The summed E-state index contributed by atoms with van der Waals surface area (Å²) in [5.74, 6) is -3.72. The maximum absolute atomic E-state index is 12.9. The largest absolute Gasteiger partial charge is 1.00 e. The summed E-state index contributed by atoms with van der Waals surface area (Å²) in [6, 6.07) is 5.75. The molecule has 0 unspecified atom stereocenters. The molecule has 0 atom stereocenters. The van der Waals surface area contributed by atoms with Crippen LogP contribution in [-0.2, 0) is 55.3 Å². The van der Waals surface area contributed by atoms with Gasteiger partial charge in [-0.2, -0.15) is 40.2 Å². The summed E-state index contributed by atoms with van der Waals surface area (Å²) in [4.78, 5) is 111. The van der Waals surface area contributed by atoms with Crippen LogP contribution in [0.2, 0.25) is 0 Å². The van der Waals surface area contributed by atoms with Gasteiger partial charge in [-0.1, -0.05) is 0 Å². The number of anilines is 2. The van der Waals surface area contributed by atoms with Crippen molar-refractivity contribution in [2.45, 2.75) is 53.0 Å². The predicted octanol–water partition coefficient (Wildman–Crippen LogP) is -6.48. The molecule has 2 saturated carbocycles. The van der Waals surface area contributed by atoms with Gasteiger partial charge in [0.2, 0.25) is 11.8 Å². The van der Waals surface area contributed by atoms with E-state index in [4.69, 9.17) is 18.0 Å². The Kier molecular flexibility index (Phi) is 17.3. The van der Waals surface area contributed by atoms with Crippen LogP contribution in [0.4, 0.5) is 23.3 Å². The third-order valence-corrected chi connectivity index (χ3v) is 11.2. The van der Waals surface area contributed by atoms with E-state index in [0.717, 1.165) is 9.36 Å². The third kappa shape index (κ3) is 15.7. The summed E-state index contributed by atoms with van der Waals surface area (Å²) < 4.78 is 77.0. The van der Waals surface area contributed by atoms with Gasteiger partial charge in [-0.15, -0.1) is 0 Å². The fourth-order valence-corrected chi connectivity index (χ4v) is 6.92. The van der Waals surface area contributed by atoms with Crippen LogP contribution >= 0.6 is 15.6 Å². The number of aryl methyl sites for hydroxylation is 2. The van der Waals surface area contributed by atoms with E-state index >= 15 is 0 Å². The molecule has 0 aromatic carbocycles. The second-order valence-corrected chi connectivity index (χ2v) is 18.1. The molecule has 2 fully saturated rings. The third-order valence-electron chi connectivity index (χ3n) is 10.3. The summed E-state index contributed by atoms with van der Waals surface area (Å²) in [5, 5.41) is 32.9. The Hall–Kier alpha value is -5.56. The number of nitrogens with zero attached hydrogens (tertiary/aromatic N) is 14. The molecule has 6 N–H and O–H groups in total. The van der Waals surface area contributed by atoms with Crippen molar-refractivity contribution in [3.05, 3.63) is 82.3 Å². The summed E-state index contributed by atoms with van der Waals surface area (Å²) >= 11 is 0. The van der Waals surface area contributed by atoms with Gasteiger partial charge in [-0.05, 0) is 51.7 Å². The normalized spacial score (nSPS) is 15.2. The number of phosphoric ester groups is 2. The number of aromatic nitrogens is 12. The minimum absolute atomic E-state index is 0.